The Balaban J connectivity index is 2.00. The van der Waals surface area contributed by atoms with Crippen LogP contribution in [-0.2, 0) is 9.59 Å². The molecule has 3 aliphatic rings. The Kier molecular flexibility index (Phi) is 1.63. The van der Waals surface area contributed by atoms with Gasteiger partial charge in [-0.05, 0) is 12.8 Å². The second-order valence-electron chi connectivity index (χ2n) is 4.73. The van der Waals surface area contributed by atoms with Crippen molar-refractivity contribution in [3.8, 4) is 0 Å². The minimum atomic E-state index is -0.672. The fourth-order valence-electron chi connectivity index (χ4n) is 3.08. The number of rotatable bonds is 0. The fourth-order valence-corrected chi connectivity index (χ4v) is 3.08. The van der Waals surface area contributed by atoms with Crippen molar-refractivity contribution in [1.29, 1.82) is 0 Å². The van der Waals surface area contributed by atoms with E-state index < -0.39 is 6.10 Å². The van der Waals surface area contributed by atoms with E-state index in [1.54, 1.807) is 11.0 Å². The normalized spacial score (nSPS) is 43.4. The highest BCUT2D eigenvalue weighted by Crippen LogP contribution is 2.44. The first-order valence-electron chi connectivity index (χ1n) is 5.34. The number of piperidine rings is 1. The van der Waals surface area contributed by atoms with Gasteiger partial charge in [-0.3, -0.25) is 9.59 Å². The van der Waals surface area contributed by atoms with Gasteiger partial charge in [0, 0.05) is 25.0 Å². The van der Waals surface area contributed by atoms with Gasteiger partial charge in [0.05, 0.1) is 11.6 Å². The van der Waals surface area contributed by atoms with E-state index in [2.05, 4.69) is 0 Å². The Morgan fingerprint density at radius 3 is 3.07 bits per heavy atom. The summed E-state index contributed by atoms with van der Waals surface area (Å²) in [6, 6.07) is 0. The summed E-state index contributed by atoms with van der Waals surface area (Å²) >= 11 is 0. The highest BCUT2D eigenvalue weighted by molar-refractivity contribution is 5.93. The molecule has 1 N–H and O–H groups in total. The number of hydrogen-bond acceptors (Lipinski definition) is 3. The second kappa shape index (κ2) is 2.70. The van der Waals surface area contributed by atoms with Crippen LogP contribution in [0.3, 0.4) is 0 Å². The Hall–Kier alpha value is -1.16. The van der Waals surface area contributed by atoms with Crippen molar-refractivity contribution in [2.45, 2.75) is 30.9 Å². The Bertz CT molecular complexity index is 376. The van der Waals surface area contributed by atoms with Crippen molar-refractivity contribution in [1.82, 2.24) is 4.90 Å². The van der Waals surface area contributed by atoms with Gasteiger partial charge >= 0.3 is 0 Å². The average Bonchev–Trinajstić information content (AvgIpc) is 2.52. The molecule has 2 aliphatic heterocycles. The predicted octanol–water partition coefficient (Wildman–Crippen LogP) is -0.133. The molecule has 1 saturated heterocycles. The van der Waals surface area contributed by atoms with Crippen molar-refractivity contribution < 1.29 is 14.7 Å². The van der Waals surface area contributed by atoms with E-state index in [-0.39, 0.29) is 23.1 Å². The van der Waals surface area contributed by atoms with Gasteiger partial charge < -0.3 is 10.0 Å². The molecule has 0 radical (unpaired) electrons. The molecule has 0 aromatic rings. The maximum Gasteiger partial charge on any atom is 0.247 e. The number of ketones is 1. The molecule has 80 valence electrons. The van der Waals surface area contributed by atoms with E-state index in [1.807, 2.05) is 6.08 Å². The zero-order chi connectivity index (χ0) is 10.6. The molecule has 1 spiro atoms. The van der Waals surface area contributed by atoms with Crippen LogP contribution in [0.4, 0.5) is 0 Å². The molecular weight excluding hydrogens is 194 g/mol. The monoisotopic (exact) mass is 207 g/mol. The van der Waals surface area contributed by atoms with E-state index in [1.165, 1.54) is 0 Å². The lowest BCUT2D eigenvalue weighted by atomic mass is 9.69. The lowest BCUT2D eigenvalue weighted by molar-refractivity contribution is -0.149. The van der Waals surface area contributed by atoms with Crippen molar-refractivity contribution in [2.24, 2.45) is 5.92 Å². The molecule has 0 aromatic carbocycles. The number of fused-ring (bicyclic) bond motifs is 1. The van der Waals surface area contributed by atoms with Gasteiger partial charge in [-0.15, -0.1) is 0 Å². The van der Waals surface area contributed by atoms with Gasteiger partial charge in [-0.25, -0.2) is 0 Å². The van der Waals surface area contributed by atoms with Crippen LogP contribution in [0.25, 0.3) is 0 Å². The van der Waals surface area contributed by atoms with Gasteiger partial charge in [0.1, 0.15) is 5.78 Å². The van der Waals surface area contributed by atoms with Gasteiger partial charge in [0.25, 0.3) is 0 Å². The van der Waals surface area contributed by atoms with E-state index in [4.69, 9.17) is 0 Å². The zero-order valence-corrected chi connectivity index (χ0v) is 8.35. The quantitative estimate of drug-likeness (QED) is 0.602. The maximum absolute atomic E-state index is 11.6. The molecule has 2 heterocycles. The summed E-state index contributed by atoms with van der Waals surface area (Å²) < 4.78 is 0. The first-order chi connectivity index (χ1) is 7.12. The first-order valence-corrected chi connectivity index (χ1v) is 5.34. The van der Waals surface area contributed by atoms with Crippen LogP contribution in [0, 0.1) is 5.92 Å². The minimum Gasteiger partial charge on any atom is -0.391 e. The topological polar surface area (TPSA) is 57.6 Å². The number of carbonyl (C=O) groups excluding carboxylic acids is 2. The largest absolute Gasteiger partial charge is 0.391 e. The number of amides is 1. The highest BCUT2D eigenvalue weighted by atomic mass is 16.3. The minimum absolute atomic E-state index is 0.0261. The highest BCUT2D eigenvalue weighted by Gasteiger charge is 2.53. The number of nitrogens with zero attached hydrogens (tertiary/aromatic N) is 1. The lowest BCUT2D eigenvalue weighted by Crippen LogP contribution is -2.61. The zero-order valence-electron chi connectivity index (χ0n) is 8.35. The van der Waals surface area contributed by atoms with Crippen molar-refractivity contribution in [2.75, 3.05) is 6.54 Å². The molecule has 3 rings (SSSR count). The molecule has 3 atom stereocenters. The summed E-state index contributed by atoms with van der Waals surface area (Å²) in [7, 11) is 0. The van der Waals surface area contributed by atoms with Crippen LogP contribution in [0.5, 0.6) is 0 Å². The number of carbonyl (C=O) groups is 2. The fraction of sp³-hybridized carbons (Fsp3) is 0.636. The molecule has 0 aromatic heterocycles. The average molecular weight is 207 g/mol. The maximum atomic E-state index is 11.6. The summed E-state index contributed by atoms with van der Waals surface area (Å²) in [6.07, 6.45) is 4.63. The third kappa shape index (κ3) is 1.05. The molecule has 15 heavy (non-hydrogen) atoms. The third-order valence-electron chi connectivity index (χ3n) is 3.97. The molecule has 4 heteroatoms. The van der Waals surface area contributed by atoms with Gasteiger partial charge in [-0.2, -0.15) is 0 Å². The Labute approximate surface area is 87.6 Å². The number of β-amino-alcohol motifs (C(OH)–C–C–N with tert-alkyl or cyclic N) is 1. The second-order valence-corrected chi connectivity index (χ2v) is 4.73. The summed E-state index contributed by atoms with van der Waals surface area (Å²) in [5.41, 5.74) is -0.255. The van der Waals surface area contributed by atoms with Crippen molar-refractivity contribution >= 4 is 11.7 Å². The predicted molar refractivity (Wildman–Crippen MR) is 51.9 cm³/mol. The first kappa shape index (κ1) is 9.09. The van der Waals surface area contributed by atoms with Crippen LogP contribution in [0.15, 0.2) is 12.2 Å². The number of hydrogen-bond donors (Lipinski definition) is 1. The summed E-state index contributed by atoms with van der Waals surface area (Å²) in [5.74, 6) is -0.132. The molecule has 2 fully saturated rings. The van der Waals surface area contributed by atoms with Crippen molar-refractivity contribution in [3.05, 3.63) is 12.2 Å². The van der Waals surface area contributed by atoms with Gasteiger partial charge in [0.15, 0.2) is 0 Å². The smallest absolute Gasteiger partial charge is 0.247 e. The molecular formula is C11H13NO3. The summed E-state index contributed by atoms with van der Waals surface area (Å²) in [4.78, 5) is 24.9. The molecule has 1 aliphatic carbocycles. The summed E-state index contributed by atoms with van der Waals surface area (Å²) in [5, 5.41) is 9.81. The molecule has 1 saturated carbocycles. The van der Waals surface area contributed by atoms with E-state index >= 15 is 0 Å². The molecule has 1 amide bonds. The molecule has 2 bridgehead atoms. The standard InChI is InChI=1S/C11H13NO3/c13-8-1-3-11-4-2-10(15)12(11)6-9(14)7(8)5-11/h2,4,7,9,14H,1,3,5-6H2/t7-,9-,11+/m1/s1. The van der Waals surface area contributed by atoms with Crippen LogP contribution >= 0.6 is 0 Å². The molecule has 0 unspecified atom stereocenters. The van der Waals surface area contributed by atoms with Crippen LogP contribution in [0.2, 0.25) is 0 Å². The summed E-state index contributed by atoms with van der Waals surface area (Å²) in [6.45, 7) is 0.308. The van der Waals surface area contributed by atoms with Gasteiger partial charge in [0.2, 0.25) is 5.91 Å². The number of Topliss-reactive ketones (excluding diaryl/α,β-unsaturated/α-hetero) is 1. The van der Waals surface area contributed by atoms with E-state index in [0.717, 1.165) is 6.42 Å². The van der Waals surface area contributed by atoms with E-state index in [9.17, 15) is 14.7 Å². The van der Waals surface area contributed by atoms with Crippen molar-refractivity contribution in [3.63, 3.8) is 0 Å². The van der Waals surface area contributed by atoms with Gasteiger partial charge in [-0.1, -0.05) is 6.08 Å². The Morgan fingerprint density at radius 2 is 2.27 bits per heavy atom. The SMILES string of the molecule is O=C1CC[C@@]23C=CC(=O)N2C[C@@H](O)[C@@H]1C3. The van der Waals surface area contributed by atoms with E-state index in [0.29, 0.717) is 19.4 Å². The number of aliphatic hydroxyl groups is 1. The molecule has 4 nitrogen and oxygen atoms in total. The number of aliphatic hydroxyl groups excluding tert-OH is 1. The van der Waals surface area contributed by atoms with Crippen LogP contribution in [0.1, 0.15) is 19.3 Å². The van der Waals surface area contributed by atoms with Crippen LogP contribution < -0.4 is 0 Å². The third-order valence-corrected chi connectivity index (χ3v) is 3.97. The lowest BCUT2D eigenvalue weighted by Gasteiger charge is -2.49. The Morgan fingerprint density at radius 1 is 1.47 bits per heavy atom. The van der Waals surface area contributed by atoms with Crippen LogP contribution in [-0.4, -0.2) is 39.9 Å².